The molecular formula is C22H29NSi2. The number of fused-ring (bicyclic) bond motifs is 1. The number of nitrogens with zero attached hydrogens (tertiary/aromatic N) is 1. The van der Waals surface area contributed by atoms with E-state index in [1.54, 1.807) is 0 Å². The lowest BCUT2D eigenvalue weighted by Gasteiger charge is -2.38. The van der Waals surface area contributed by atoms with Gasteiger partial charge in [0.15, 0.2) is 0 Å². The van der Waals surface area contributed by atoms with Gasteiger partial charge in [-0.05, 0) is 34.5 Å². The molecule has 1 aromatic heterocycles. The van der Waals surface area contributed by atoms with Crippen molar-refractivity contribution in [2.45, 2.75) is 44.4 Å². The van der Waals surface area contributed by atoms with Crippen molar-refractivity contribution in [3.8, 4) is 11.1 Å². The van der Waals surface area contributed by atoms with E-state index in [-0.39, 0.29) is 0 Å². The van der Waals surface area contributed by atoms with Crippen LogP contribution in [0.25, 0.3) is 22.0 Å². The van der Waals surface area contributed by atoms with E-state index in [0.29, 0.717) is 5.16 Å². The molecule has 1 nitrogen and oxygen atoms in total. The Bertz CT molecular complexity index is 860. The highest BCUT2D eigenvalue weighted by molar-refractivity contribution is 6.96. The zero-order valence-corrected chi connectivity index (χ0v) is 18.3. The lowest BCUT2D eigenvalue weighted by molar-refractivity contribution is 1.09. The Morgan fingerprint density at radius 1 is 0.680 bits per heavy atom. The molecule has 0 saturated carbocycles. The molecular weight excluding hydrogens is 334 g/mol. The maximum absolute atomic E-state index is 5.11. The van der Waals surface area contributed by atoms with E-state index in [9.17, 15) is 0 Å². The van der Waals surface area contributed by atoms with Gasteiger partial charge in [-0.25, -0.2) is 0 Å². The molecule has 0 aliphatic rings. The molecule has 2 aromatic carbocycles. The van der Waals surface area contributed by atoms with E-state index in [1.165, 1.54) is 22.2 Å². The van der Waals surface area contributed by atoms with E-state index in [1.807, 2.05) is 0 Å². The standard InChI is InChI=1S/C22H29NSi2/c1-24(2,3)22(25(4,5)6)21-15-13-19-16-18(12-14-20(19)23-21)17-10-8-7-9-11-17/h7-16,22H,1-6H3. The molecule has 0 saturated heterocycles. The summed E-state index contributed by atoms with van der Waals surface area (Å²) >= 11 is 0. The van der Waals surface area contributed by atoms with Crippen LogP contribution in [0.4, 0.5) is 0 Å². The van der Waals surface area contributed by atoms with E-state index in [2.05, 4.69) is 99.9 Å². The van der Waals surface area contributed by atoms with Crippen molar-refractivity contribution in [2.75, 3.05) is 0 Å². The molecule has 25 heavy (non-hydrogen) atoms. The first-order valence-electron chi connectivity index (χ1n) is 9.12. The van der Waals surface area contributed by atoms with E-state index >= 15 is 0 Å². The molecule has 0 N–H and O–H groups in total. The van der Waals surface area contributed by atoms with Crippen molar-refractivity contribution < 1.29 is 0 Å². The Balaban J connectivity index is 2.06. The third-order valence-corrected chi connectivity index (χ3v) is 14.1. The Morgan fingerprint density at radius 3 is 1.92 bits per heavy atom. The Labute approximate surface area is 154 Å². The molecule has 3 aromatic rings. The lowest BCUT2D eigenvalue weighted by Crippen LogP contribution is -2.46. The molecule has 130 valence electrons. The highest BCUT2D eigenvalue weighted by Crippen LogP contribution is 2.35. The van der Waals surface area contributed by atoms with Gasteiger partial charge >= 0.3 is 0 Å². The Morgan fingerprint density at radius 2 is 1.32 bits per heavy atom. The van der Waals surface area contributed by atoms with Crippen LogP contribution in [0.3, 0.4) is 0 Å². The molecule has 0 aliphatic carbocycles. The van der Waals surface area contributed by atoms with E-state index < -0.39 is 16.1 Å². The SMILES string of the molecule is C[Si](C)(C)C(c1ccc2cc(-c3ccccc3)ccc2n1)[Si](C)(C)C. The van der Waals surface area contributed by atoms with Crippen LogP contribution >= 0.6 is 0 Å². The first-order chi connectivity index (χ1) is 11.7. The summed E-state index contributed by atoms with van der Waals surface area (Å²) in [5.74, 6) is 0. The zero-order valence-electron chi connectivity index (χ0n) is 16.3. The van der Waals surface area contributed by atoms with Crippen LogP contribution in [0.15, 0.2) is 60.7 Å². The van der Waals surface area contributed by atoms with Gasteiger partial charge in [-0.1, -0.05) is 81.7 Å². The van der Waals surface area contributed by atoms with Crippen molar-refractivity contribution in [2.24, 2.45) is 0 Å². The van der Waals surface area contributed by atoms with Crippen molar-refractivity contribution in [3.05, 3.63) is 66.4 Å². The lowest BCUT2D eigenvalue weighted by atomic mass is 10.0. The first-order valence-corrected chi connectivity index (χ1v) is 16.3. The number of aromatic nitrogens is 1. The van der Waals surface area contributed by atoms with Crippen LogP contribution < -0.4 is 0 Å². The molecule has 3 rings (SSSR count). The summed E-state index contributed by atoms with van der Waals surface area (Å²) in [4.78, 5) is 5.11. The van der Waals surface area contributed by atoms with Gasteiger partial charge in [-0.3, -0.25) is 4.98 Å². The fourth-order valence-electron chi connectivity index (χ4n) is 4.30. The minimum Gasteiger partial charge on any atom is -0.253 e. The summed E-state index contributed by atoms with van der Waals surface area (Å²) in [5.41, 5.74) is 4.96. The maximum Gasteiger partial charge on any atom is 0.0705 e. The number of pyridine rings is 1. The van der Waals surface area contributed by atoms with Crippen molar-refractivity contribution in [1.29, 1.82) is 0 Å². The van der Waals surface area contributed by atoms with Gasteiger partial charge in [0.1, 0.15) is 0 Å². The monoisotopic (exact) mass is 363 g/mol. The molecule has 0 unspecified atom stereocenters. The van der Waals surface area contributed by atoms with Crippen LogP contribution in [0.2, 0.25) is 39.3 Å². The Kier molecular flexibility index (Phi) is 4.73. The molecule has 3 heteroatoms. The predicted octanol–water partition coefficient (Wildman–Crippen LogP) is 6.74. The van der Waals surface area contributed by atoms with Gasteiger partial charge in [-0.2, -0.15) is 0 Å². The summed E-state index contributed by atoms with van der Waals surface area (Å²) in [5, 5.41) is 1.91. The molecule has 1 heterocycles. The van der Waals surface area contributed by atoms with Gasteiger partial charge < -0.3 is 0 Å². The molecule has 0 fully saturated rings. The maximum atomic E-state index is 5.11. The fourth-order valence-corrected chi connectivity index (χ4v) is 16.8. The van der Waals surface area contributed by atoms with Gasteiger partial charge in [-0.15, -0.1) is 0 Å². The van der Waals surface area contributed by atoms with Crippen molar-refractivity contribution in [1.82, 2.24) is 4.98 Å². The quantitative estimate of drug-likeness (QED) is 0.468. The van der Waals surface area contributed by atoms with Crippen LogP contribution in [0, 0.1) is 0 Å². The number of rotatable bonds is 4. The topological polar surface area (TPSA) is 12.9 Å². The van der Waals surface area contributed by atoms with Crippen molar-refractivity contribution in [3.63, 3.8) is 0 Å². The second-order valence-electron chi connectivity index (χ2n) is 9.17. The second-order valence-corrected chi connectivity index (χ2v) is 20.4. The summed E-state index contributed by atoms with van der Waals surface area (Å²) in [6.45, 7) is 14.9. The van der Waals surface area contributed by atoms with Gasteiger partial charge in [0, 0.05) is 11.1 Å². The zero-order chi connectivity index (χ0) is 18.2. The number of hydrogen-bond donors (Lipinski definition) is 0. The normalized spacial score (nSPS) is 12.8. The van der Waals surface area contributed by atoms with Crippen LogP contribution in [-0.4, -0.2) is 21.1 Å². The number of benzene rings is 2. The van der Waals surface area contributed by atoms with Gasteiger partial charge in [0.25, 0.3) is 0 Å². The minimum atomic E-state index is -1.31. The molecule has 0 spiro atoms. The van der Waals surface area contributed by atoms with Crippen molar-refractivity contribution >= 4 is 27.1 Å². The van der Waals surface area contributed by atoms with Crippen LogP contribution in [0.5, 0.6) is 0 Å². The molecule has 0 bridgehead atoms. The third-order valence-electron chi connectivity index (χ3n) is 4.85. The summed E-state index contributed by atoms with van der Waals surface area (Å²) in [6, 6.07) is 21.8. The largest absolute Gasteiger partial charge is 0.253 e. The Hall–Kier alpha value is -1.72. The molecule has 0 atom stereocenters. The number of hydrogen-bond acceptors (Lipinski definition) is 1. The summed E-state index contributed by atoms with van der Waals surface area (Å²) in [7, 11) is -2.63. The highest BCUT2D eigenvalue weighted by Gasteiger charge is 2.39. The third kappa shape index (κ3) is 3.93. The second kappa shape index (κ2) is 6.54. The highest BCUT2D eigenvalue weighted by atomic mass is 28.4. The fraction of sp³-hybridized carbons (Fsp3) is 0.318. The predicted molar refractivity (Wildman–Crippen MR) is 117 cm³/mol. The average molecular weight is 364 g/mol. The minimum absolute atomic E-state index is 0.679. The molecule has 0 radical (unpaired) electrons. The molecule has 0 amide bonds. The van der Waals surface area contributed by atoms with Crippen LogP contribution in [0.1, 0.15) is 10.9 Å². The van der Waals surface area contributed by atoms with Gasteiger partial charge in [0.2, 0.25) is 0 Å². The summed E-state index contributed by atoms with van der Waals surface area (Å²) in [6.07, 6.45) is 0. The van der Waals surface area contributed by atoms with E-state index in [0.717, 1.165) is 5.52 Å². The van der Waals surface area contributed by atoms with Crippen LogP contribution in [-0.2, 0) is 0 Å². The smallest absolute Gasteiger partial charge is 0.0705 e. The molecule has 0 aliphatic heterocycles. The first kappa shape index (κ1) is 18.1. The average Bonchev–Trinajstić information content (AvgIpc) is 2.52. The summed E-state index contributed by atoms with van der Waals surface area (Å²) < 4.78 is 0. The van der Waals surface area contributed by atoms with E-state index in [4.69, 9.17) is 4.98 Å². The van der Waals surface area contributed by atoms with Gasteiger partial charge in [0.05, 0.1) is 21.7 Å².